The molecule has 8 nitrogen and oxygen atoms in total. The van der Waals surface area contributed by atoms with Crippen LogP contribution in [0.5, 0.6) is 0 Å². The molecule has 0 aromatic carbocycles. The van der Waals surface area contributed by atoms with Crippen molar-refractivity contribution in [2.75, 3.05) is 45.3 Å². The van der Waals surface area contributed by atoms with E-state index in [1.165, 1.54) is 7.11 Å². The number of hydrogen-bond acceptors (Lipinski definition) is 6. The van der Waals surface area contributed by atoms with E-state index in [0.29, 0.717) is 11.3 Å². The SMILES string of the molecule is COC(=O)c1cn(N2CCN(C)CC2)cc2c(=O)[nH]nc1-2. The summed E-state index contributed by atoms with van der Waals surface area (Å²) in [4.78, 5) is 26.0. The summed E-state index contributed by atoms with van der Waals surface area (Å²) in [6.45, 7) is 3.49. The first-order valence-electron chi connectivity index (χ1n) is 6.72. The fraction of sp³-hybridized carbons (Fsp3) is 0.462. The molecule has 3 heterocycles. The molecule has 3 aliphatic rings. The van der Waals surface area contributed by atoms with E-state index in [4.69, 9.17) is 4.74 Å². The predicted molar refractivity (Wildman–Crippen MR) is 76.3 cm³/mol. The molecular formula is C13H17N5O3. The van der Waals surface area contributed by atoms with Crippen LogP contribution in [0.3, 0.4) is 0 Å². The highest BCUT2D eigenvalue weighted by Crippen LogP contribution is 2.21. The lowest BCUT2D eigenvalue weighted by atomic mass is 10.1. The number of H-pyrrole nitrogens is 1. The van der Waals surface area contributed by atoms with Gasteiger partial charge in [0, 0.05) is 38.6 Å². The topological polar surface area (TPSA) is 83.5 Å². The molecule has 0 aromatic rings. The molecule has 0 spiro atoms. The molecule has 3 aliphatic heterocycles. The summed E-state index contributed by atoms with van der Waals surface area (Å²) in [5, 5.41) is 8.37. The molecule has 0 bridgehead atoms. The number of esters is 1. The Morgan fingerprint density at radius 3 is 2.67 bits per heavy atom. The molecule has 1 saturated heterocycles. The van der Waals surface area contributed by atoms with Gasteiger partial charge in [-0.05, 0) is 7.05 Å². The van der Waals surface area contributed by atoms with E-state index in [1.54, 1.807) is 17.1 Å². The average molecular weight is 291 g/mol. The van der Waals surface area contributed by atoms with Gasteiger partial charge in [-0.2, -0.15) is 5.10 Å². The molecular weight excluding hydrogens is 274 g/mol. The summed E-state index contributed by atoms with van der Waals surface area (Å²) in [6, 6.07) is 0. The summed E-state index contributed by atoms with van der Waals surface area (Å²) in [5.41, 5.74) is 0.708. The highest BCUT2D eigenvalue weighted by molar-refractivity contribution is 5.95. The van der Waals surface area contributed by atoms with Crippen molar-refractivity contribution in [3.8, 4) is 11.3 Å². The van der Waals surface area contributed by atoms with Gasteiger partial charge in [-0.25, -0.2) is 9.89 Å². The highest BCUT2D eigenvalue weighted by Gasteiger charge is 2.24. The van der Waals surface area contributed by atoms with Crippen molar-refractivity contribution in [3.05, 3.63) is 28.3 Å². The summed E-state index contributed by atoms with van der Waals surface area (Å²) in [5.74, 6) is -0.505. The fourth-order valence-corrected chi connectivity index (χ4v) is 2.47. The molecule has 0 amide bonds. The van der Waals surface area contributed by atoms with Crippen LogP contribution in [0.4, 0.5) is 0 Å². The van der Waals surface area contributed by atoms with Gasteiger partial charge in [0.05, 0.1) is 12.7 Å². The minimum atomic E-state index is -0.505. The first kappa shape index (κ1) is 13.6. The zero-order valence-corrected chi connectivity index (χ0v) is 12.0. The minimum Gasteiger partial charge on any atom is -0.465 e. The number of carbonyl (C=O) groups is 1. The highest BCUT2D eigenvalue weighted by atomic mass is 16.5. The van der Waals surface area contributed by atoms with E-state index in [0.717, 1.165) is 26.2 Å². The number of pyridine rings is 1. The van der Waals surface area contributed by atoms with Crippen LogP contribution in [0.25, 0.3) is 11.3 Å². The fourth-order valence-electron chi connectivity index (χ4n) is 2.47. The number of hydrogen-bond donors (Lipinski definition) is 1. The van der Waals surface area contributed by atoms with Crippen LogP contribution in [0, 0.1) is 0 Å². The van der Waals surface area contributed by atoms with Crippen molar-refractivity contribution in [1.82, 2.24) is 19.8 Å². The molecule has 1 fully saturated rings. The number of rotatable bonds is 2. The van der Waals surface area contributed by atoms with Crippen molar-refractivity contribution < 1.29 is 9.53 Å². The summed E-state index contributed by atoms with van der Waals surface area (Å²) < 4.78 is 6.57. The van der Waals surface area contributed by atoms with E-state index in [9.17, 15) is 9.59 Å². The number of carbonyl (C=O) groups excluding carboxylic acids is 1. The van der Waals surface area contributed by atoms with Crippen LogP contribution in [0.15, 0.2) is 17.2 Å². The molecule has 0 aromatic heterocycles. The van der Waals surface area contributed by atoms with Gasteiger partial charge in [-0.1, -0.05) is 0 Å². The lowest BCUT2D eigenvalue weighted by Crippen LogP contribution is -2.49. The van der Waals surface area contributed by atoms with Crippen LogP contribution in [-0.4, -0.2) is 66.1 Å². The van der Waals surface area contributed by atoms with Crippen LogP contribution in [-0.2, 0) is 4.74 Å². The number of nitrogens with zero attached hydrogens (tertiary/aromatic N) is 4. The monoisotopic (exact) mass is 291 g/mol. The third kappa shape index (κ3) is 2.38. The van der Waals surface area contributed by atoms with Gasteiger partial charge < -0.3 is 14.6 Å². The number of nitrogens with one attached hydrogen (secondary N) is 1. The minimum absolute atomic E-state index is 0.285. The van der Waals surface area contributed by atoms with Crippen molar-refractivity contribution in [2.45, 2.75) is 0 Å². The van der Waals surface area contributed by atoms with E-state index in [1.807, 2.05) is 0 Å². The van der Waals surface area contributed by atoms with Gasteiger partial charge >= 0.3 is 5.97 Å². The second kappa shape index (κ2) is 5.21. The number of methoxy groups -OCH3 is 1. The summed E-state index contributed by atoms with van der Waals surface area (Å²) in [6.07, 6.45) is 3.37. The molecule has 0 aliphatic carbocycles. The van der Waals surface area contributed by atoms with Crippen molar-refractivity contribution in [1.29, 1.82) is 0 Å². The number of likely N-dealkylation sites (N-methyl/N-ethyl adjacent to an activating group) is 1. The van der Waals surface area contributed by atoms with Gasteiger partial charge in [0.25, 0.3) is 5.56 Å². The maximum Gasteiger partial charge on any atom is 0.341 e. The van der Waals surface area contributed by atoms with Crippen LogP contribution < -0.4 is 10.6 Å². The van der Waals surface area contributed by atoms with E-state index in [-0.39, 0.29) is 11.1 Å². The quantitative estimate of drug-likeness (QED) is 0.740. The Hall–Kier alpha value is -2.35. The molecule has 8 heteroatoms. The standard InChI is InChI=1S/C13H17N5O3/c1-16-3-5-17(6-4-16)18-7-9-11(14-15-12(9)19)10(8-18)13(20)21-2/h7-8H,3-6H2,1-2H3,(H,15,19). The van der Waals surface area contributed by atoms with Crippen LogP contribution in [0.1, 0.15) is 10.4 Å². The van der Waals surface area contributed by atoms with Gasteiger partial charge in [-0.15, -0.1) is 0 Å². The molecule has 21 heavy (non-hydrogen) atoms. The maximum atomic E-state index is 11.9. The smallest absolute Gasteiger partial charge is 0.341 e. The Bertz CT molecular complexity index is 684. The van der Waals surface area contributed by atoms with Gasteiger partial charge in [0.1, 0.15) is 11.3 Å². The Kier molecular flexibility index (Phi) is 3.38. The van der Waals surface area contributed by atoms with E-state index in [2.05, 4.69) is 27.2 Å². The molecule has 3 rings (SSSR count). The Balaban J connectivity index is 2.06. The lowest BCUT2D eigenvalue weighted by Gasteiger charge is -2.35. The Morgan fingerprint density at radius 1 is 1.29 bits per heavy atom. The van der Waals surface area contributed by atoms with Crippen molar-refractivity contribution in [2.24, 2.45) is 0 Å². The molecule has 0 unspecified atom stereocenters. The molecule has 112 valence electrons. The molecule has 0 saturated carbocycles. The zero-order chi connectivity index (χ0) is 15.0. The van der Waals surface area contributed by atoms with Crippen LogP contribution in [0.2, 0.25) is 0 Å². The second-order valence-corrected chi connectivity index (χ2v) is 5.12. The van der Waals surface area contributed by atoms with Gasteiger partial charge in [-0.3, -0.25) is 9.47 Å². The first-order chi connectivity index (χ1) is 10.1. The summed E-state index contributed by atoms with van der Waals surface area (Å²) in [7, 11) is 3.38. The van der Waals surface area contributed by atoms with Crippen molar-refractivity contribution >= 4 is 5.97 Å². The number of fused-ring (bicyclic) bond motifs is 1. The second-order valence-electron chi connectivity index (χ2n) is 5.12. The van der Waals surface area contributed by atoms with E-state index >= 15 is 0 Å². The zero-order valence-electron chi connectivity index (χ0n) is 12.0. The molecule has 0 atom stereocenters. The van der Waals surface area contributed by atoms with Gasteiger partial charge in [0.15, 0.2) is 0 Å². The number of piperazine rings is 1. The predicted octanol–water partition coefficient (Wildman–Crippen LogP) is -0.654. The average Bonchev–Trinajstić information content (AvgIpc) is 2.88. The maximum absolute atomic E-state index is 11.9. The van der Waals surface area contributed by atoms with Crippen molar-refractivity contribution in [3.63, 3.8) is 0 Å². The number of ether oxygens (including phenoxy) is 1. The third-order valence-corrected chi connectivity index (χ3v) is 3.76. The first-order valence-corrected chi connectivity index (χ1v) is 6.72. The summed E-state index contributed by atoms with van der Waals surface area (Å²) >= 11 is 0. The normalized spacial score (nSPS) is 16.4. The molecule has 1 N–H and O–H groups in total. The molecule has 0 radical (unpaired) electrons. The third-order valence-electron chi connectivity index (χ3n) is 3.76. The lowest BCUT2D eigenvalue weighted by molar-refractivity contribution is 0.0600. The van der Waals surface area contributed by atoms with Crippen LogP contribution >= 0.6 is 0 Å². The van der Waals surface area contributed by atoms with Gasteiger partial charge in [0.2, 0.25) is 0 Å². The Morgan fingerprint density at radius 2 is 2.00 bits per heavy atom. The number of aromatic nitrogens is 3. The number of aromatic amines is 1. The Labute approximate surface area is 121 Å². The largest absolute Gasteiger partial charge is 0.465 e. The van der Waals surface area contributed by atoms with E-state index < -0.39 is 5.97 Å².